The van der Waals surface area contributed by atoms with Gasteiger partial charge >= 0.3 is 0 Å². The van der Waals surface area contributed by atoms with Crippen LogP contribution in [0.25, 0.3) is 10.9 Å². The Hall–Kier alpha value is -3.59. The summed E-state index contributed by atoms with van der Waals surface area (Å²) in [5.41, 5.74) is 2.89. The average molecular weight is 453 g/mol. The van der Waals surface area contributed by atoms with Gasteiger partial charge in [0.1, 0.15) is 21.3 Å². The Morgan fingerprint density at radius 3 is 2.78 bits per heavy atom. The molecule has 2 aromatic heterocycles. The summed E-state index contributed by atoms with van der Waals surface area (Å²) in [5.74, 6) is 2.22. The van der Waals surface area contributed by atoms with Gasteiger partial charge in [0.15, 0.2) is 0 Å². The first-order valence-electron chi connectivity index (χ1n) is 10.1. The monoisotopic (exact) mass is 452 g/mol. The summed E-state index contributed by atoms with van der Waals surface area (Å²) in [5, 5.41) is 4.21. The fourth-order valence-electron chi connectivity index (χ4n) is 3.20. The van der Waals surface area contributed by atoms with Crippen LogP contribution in [-0.4, -0.2) is 42.0 Å². The topological polar surface area (TPSA) is 106 Å². The average Bonchev–Trinajstić information content (AvgIpc) is 3.10. The van der Waals surface area contributed by atoms with E-state index in [1.165, 1.54) is 6.26 Å². The number of fused-ring (bicyclic) bond motifs is 1. The maximum atomic E-state index is 11.2. The third kappa shape index (κ3) is 5.98. The molecule has 0 aliphatic rings. The summed E-state index contributed by atoms with van der Waals surface area (Å²) >= 11 is 0. The highest BCUT2D eigenvalue weighted by molar-refractivity contribution is 7.90. The number of aromatic nitrogens is 3. The summed E-state index contributed by atoms with van der Waals surface area (Å²) < 4.78 is 34.0. The quantitative estimate of drug-likeness (QED) is 0.357. The fraction of sp³-hybridized carbons (Fsp3) is 0.217. The number of hydrogen-bond acceptors (Lipinski definition) is 7. The normalized spacial score (nSPS) is 11.4. The summed E-state index contributed by atoms with van der Waals surface area (Å²) in [4.78, 5) is 12.0. The van der Waals surface area contributed by atoms with Crippen LogP contribution in [-0.2, 0) is 9.84 Å². The number of nitrogens with one attached hydrogen (secondary N) is 2. The van der Waals surface area contributed by atoms with Crippen LogP contribution in [0.15, 0.2) is 60.8 Å². The van der Waals surface area contributed by atoms with Crippen LogP contribution in [0, 0.1) is 6.92 Å². The lowest BCUT2D eigenvalue weighted by Gasteiger charge is -2.10. The molecule has 2 heterocycles. The minimum atomic E-state index is -2.99. The molecule has 0 saturated carbocycles. The number of nitrogens with zero attached hydrogens (tertiary/aromatic N) is 2. The van der Waals surface area contributed by atoms with Gasteiger partial charge in [-0.05, 0) is 49.7 Å². The lowest BCUT2D eigenvalue weighted by Crippen LogP contribution is -2.08. The van der Waals surface area contributed by atoms with Gasteiger partial charge in [0.05, 0.1) is 12.4 Å². The van der Waals surface area contributed by atoms with Crippen molar-refractivity contribution in [3.05, 3.63) is 66.5 Å². The van der Waals surface area contributed by atoms with Crippen molar-refractivity contribution in [2.45, 2.75) is 13.3 Å². The van der Waals surface area contributed by atoms with E-state index in [9.17, 15) is 8.42 Å². The number of ether oxygens (including phenoxy) is 2. The zero-order chi connectivity index (χ0) is 22.6. The molecule has 0 saturated heterocycles. The first-order chi connectivity index (χ1) is 15.3. The zero-order valence-corrected chi connectivity index (χ0v) is 18.6. The van der Waals surface area contributed by atoms with Crippen molar-refractivity contribution in [3.63, 3.8) is 0 Å². The van der Waals surface area contributed by atoms with E-state index in [1.807, 2.05) is 43.3 Å². The molecule has 0 aliphatic heterocycles. The van der Waals surface area contributed by atoms with E-state index in [0.29, 0.717) is 36.4 Å². The second kappa shape index (κ2) is 9.27. The molecule has 0 radical (unpaired) electrons. The van der Waals surface area contributed by atoms with Crippen LogP contribution in [0.3, 0.4) is 0 Å². The predicted octanol–water partition coefficient (Wildman–Crippen LogP) is 4.62. The highest BCUT2D eigenvalue weighted by atomic mass is 32.2. The number of hydrogen-bond donors (Lipinski definition) is 2. The highest BCUT2D eigenvalue weighted by Gasteiger charge is 2.06. The van der Waals surface area contributed by atoms with E-state index in [1.54, 1.807) is 18.3 Å². The Kier molecular flexibility index (Phi) is 6.27. The first kappa shape index (κ1) is 21.6. The van der Waals surface area contributed by atoms with Crippen molar-refractivity contribution in [1.29, 1.82) is 0 Å². The fourth-order valence-corrected chi connectivity index (χ4v) is 3.85. The molecule has 8 nitrogen and oxygen atoms in total. The minimum absolute atomic E-state index is 0.0994. The van der Waals surface area contributed by atoms with Gasteiger partial charge in [-0.25, -0.2) is 13.4 Å². The number of aryl methyl sites for hydroxylation is 1. The zero-order valence-electron chi connectivity index (χ0n) is 17.8. The van der Waals surface area contributed by atoms with Crippen molar-refractivity contribution < 1.29 is 17.9 Å². The molecule has 0 aliphatic carbocycles. The Morgan fingerprint density at radius 1 is 1.06 bits per heavy atom. The van der Waals surface area contributed by atoms with E-state index in [2.05, 4.69) is 26.3 Å². The van der Waals surface area contributed by atoms with Gasteiger partial charge in [-0.15, -0.1) is 0 Å². The predicted molar refractivity (Wildman–Crippen MR) is 125 cm³/mol. The number of sulfone groups is 1. The lowest BCUT2D eigenvalue weighted by molar-refractivity contribution is 0.318. The Labute approximate surface area is 186 Å². The third-order valence-electron chi connectivity index (χ3n) is 4.60. The standard InChI is InChI=1S/C23H24N4O4S/c1-16-13-17-14-20(7-8-21(17)25-16)31-22-9-10-24-23(27-22)26-18-5-3-6-19(15-18)30-11-4-12-32(2,28)29/h3,5-10,13-15,25H,4,11-12H2,1-2H3,(H,24,26,27). The van der Waals surface area contributed by atoms with Gasteiger partial charge in [0.25, 0.3) is 0 Å². The van der Waals surface area contributed by atoms with Crippen LogP contribution in [0.4, 0.5) is 11.6 Å². The van der Waals surface area contributed by atoms with E-state index in [0.717, 1.165) is 22.3 Å². The maximum absolute atomic E-state index is 11.2. The molecule has 166 valence electrons. The van der Waals surface area contributed by atoms with Crippen molar-refractivity contribution in [2.24, 2.45) is 0 Å². The largest absolute Gasteiger partial charge is 0.493 e. The number of rotatable bonds is 9. The second-order valence-electron chi connectivity index (χ2n) is 7.51. The van der Waals surface area contributed by atoms with Crippen molar-refractivity contribution in [3.8, 4) is 17.4 Å². The molecule has 32 heavy (non-hydrogen) atoms. The van der Waals surface area contributed by atoms with Gasteiger partial charge in [-0.1, -0.05) is 6.07 Å². The van der Waals surface area contributed by atoms with Crippen molar-refractivity contribution >= 4 is 32.4 Å². The molecular formula is C23H24N4O4S. The number of aromatic amines is 1. The molecule has 0 atom stereocenters. The van der Waals surface area contributed by atoms with E-state index < -0.39 is 9.84 Å². The Balaban J connectivity index is 1.40. The van der Waals surface area contributed by atoms with Gasteiger partial charge in [0.2, 0.25) is 11.8 Å². The first-order valence-corrected chi connectivity index (χ1v) is 12.2. The Morgan fingerprint density at radius 2 is 1.94 bits per heavy atom. The van der Waals surface area contributed by atoms with E-state index >= 15 is 0 Å². The summed E-state index contributed by atoms with van der Waals surface area (Å²) in [6.45, 7) is 2.33. The number of anilines is 2. The van der Waals surface area contributed by atoms with Crippen LogP contribution >= 0.6 is 0 Å². The molecular weight excluding hydrogens is 428 g/mol. The number of benzene rings is 2. The smallest absolute Gasteiger partial charge is 0.230 e. The van der Waals surface area contributed by atoms with Gasteiger partial charge in [0, 0.05) is 46.9 Å². The lowest BCUT2D eigenvalue weighted by atomic mass is 10.2. The number of H-pyrrole nitrogens is 1. The summed E-state index contributed by atoms with van der Waals surface area (Å²) in [7, 11) is -2.99. The van der Waals surface area contributed by atoms with Crippen LogP contribution < -0.4 is 14.8 Å². The van der Waals surface area contributed by atoms with Crippen LogP contribution in [0.1, 0.15) is 12.1 Å². The van der Waals surface area contributed by atoms with Crippen molar-refractivity contribution in [1.82, 2.24) is 15.0 Å². The molecule has 9 heteroatoms. The maximum Gasteiger partial charge on any atom is 0.230 e. The van der Waals surface area contributed by atoms with Crippen LogP contribution in [0.2, 0.25) is 0 Å². The van der Waals surface area contributed by atoms with Crippen LogP contribution in [0.5, 0.6) is 17.4 Å². The third-order valence-corrected chi connectivity index (χ3v) is 5.63. The molecule has 0 spiro atoms. The van der Waals surface area contributed by atoms with E-state index in [4.69, 9.17) is 9.47 Å². The molecule has 0 fully saturated rings. The summed E-state index contributed by atoms with van der Waals surface area (Å²) in [6, 6.07) is 16.9. The molecule has 2 aromatic carbocycles. The minimum Gasteiger partial charge on any atom is -0.493 e. The molecule has 2 N–H and O–H groups in total. The molecule has 0 amide bonds. The molecule has 4 aromatic rings. The van der Waals surface area contributed by atoms with Gasteiger partial charge < -0.3 is 19.8 Å². The van der Waals surface area contributed by atoms with Gasteiger partial charge in [-0.2, -0.15) is 4.98 Å². The Bertz CT molecular complexity index is 1330. The SMILES string of the molecule is Cc1cc2cc(Oc3ccnc(Nc4cccc(OCCCS(C)(=O)=O)c4)n3)ccc2[nH]1. The molecule has 4 rings (SSSR count). The van der Waals surface area contributed by atoms with E-state index in [-0.39, 0.29) is 5.75 Å². The second-order valence-corrected chi connectivity index (χ2v) is 9.77. The summed E-state index contributed by atoms with van der Waals surface area (Å²) in [6.07, 6.45) is 3.27. The molecule has 0 bridgehead atoms. The highest BCUT2D eigenvalue weighted by Crippen LogP contribution is 2.26. The van der Waals surface area contributed by atoms with Crippen molar-refractivity contribution in [2.75, 3.05) is 23.9 Å². The molecule has 0 unspecified atom stereocenters. The van der Waals surface area contributed by atoms with Gasteiger partial charge in [-0.3, -0.25) is 0 Å².